The molecule has 1 rings (SSSR count). The fraction of sp³-hybridized carbons (Fsp3) is 0.375. The molecule has 4 nitrogen and oxygen atoms in total. The number of nitrogens with one attached hydrogen (secondary N) is 1. The second kappa shape index (κ2) is 4.10. The lowest BCUT2D eigenvalue weighted by atomic mass is 10.3. The van der Waals surface area contributed by atoms with Gasteiger partial charge in [0.2, 0.25) is 10.0 Å². The van der Waals surface area contributed by atoms with E-state index in [1.54, 1.807) is 11.4 Å². The minimum Gasteiger partial charge on any atom is -0.267 e. The zero-order valence-corrected chi connectivity index (χ0v) is 9.54. The van der Waals surface area contributed by atoms with E-state index in [2.05, 4.69) is 0 Å². The maximum atomic E-state index is 11.4. The molecule has 1 aromatic rings. The van der Waals surface area contributed by atoms with E-state index >= 15 is 0 Å². The predicted octanol–water partition coefficient (Wildman–Crippen LogP) is 1.14. The topological polar surface area (TPSA) is 63.2 Å². The van der Waals surface area contributed by atoms with Crippen LogP contribution in [-0.2, 0) is 10.0 Å². The van der Waals surface area contributed by atoms with Crippen molar-refractivity contribution in [2.75, 3.05) is 5.75 Å². The summed E-state index contributed by atoms with van der Waals surface area (Å²) in [6.07, 6.45) is 0. The Kier molecular flexibility index (Phi) is 3.28. The van der Waals surface area contributed by atoms with Crippen molar-refractivity contribution in [3.63, 3.8) is 0 Å². The number of hydrogen-bond acceptors (Lipinski definition) is 4. The first-order valence-corrected chi connectivity index (χ1v) is 6.58. The van der Waals surface area contributed by atoms with Crippen LogP contribution in [0.25, 0.3) is 0 Å². The first-order valence-electron chi connectivity index (χ1n) is 4.04. The van der Waals surface area contributed by atoms with Crippen molar-refractivity contribution < 1.29 is 13.2 Å². The Balaban J connectivity index is 2.78. The van der Waals surface area contributed by atoms with Gasteiger partial charge in [0.25, 0.3) is 5.91 Å². The van der Waals surface area contributed by atoms with Crippen LogP contribution >= 0.6 is 11.3 Å². The maximum Gasteiger partial charge on any atom is 0.274 e. The molecule has 0 aromatic carbocycles. The smallest absolute Gasteiger partial charge is 0.267 e. The Labute approximate surface area is 87.0 Å². The number of aryl methyl sites for hydroxylation is 1. The molecule has 0 atom stereocenters. The van der Waals surface area contributed by atoms with Crippen LogP contribution in [0.5, 0.6) is 0 Å². The second-order valence-corrected chi connectivity index (χ2v) is 5.75. The molecule has 0 saturated heterocycles. The zero-order valence-electron chi connectivity index (χ0n) is 7.90. The predicted molar refractivity (Wildman–Crippen MR) is 56.0 cm³/mol. The van der Waals surface area contributed by atoms with E-state index < -0.39 is 15.9 Å². The highest BCUT2D eigenvalue weighted by Crippen LogP contribution is 2.13. The van der Waals surface area contributed by atoms with Gasteiger partial charge in [-0.05, 0) is 30.9 Å². The lowest BCUT2D eigenvalue weighted by Gasteiger charge is -2.01. The molecule has 1 amide bonds. The summed E-state index contributed by atoms with van der Waals surface area (Å²) in [4.78, 5) is 11.8. The molecule has 0 fully saturated rings. The summed E-state index contributed by atoms with van der Waals surface area (Å²) in [5.74, 6) is -0.645. The second-order valence-electron chi connectivity index (χ2n) is 2.82. The van der Waals surface area contributed by atoms with Gasteiger partial charge in [-0.25, -0.2) is 13.1 Å². The summed E-state index contributed by atoms with van der Waals surface area (Å²) in [7, 11) is -3.45. The average molecular weight is 233 g/mol. The van der Waals surface area contributed by atoms with Crippen molar-refractivity contribution in [3.05, 3.63) is 21.9 Å². The van der Waals surface area contributed by atoms with E-state index in [-0.39, 0.29) is 5.75 Å². The molecule has 1 aromatic heterocycles. The highest BCUT2D eigenvalue weighted by Gasteiger charge is 2.14. The maximum absolute atomic E-state index is 11.4. The number of carbonyl (C=O) groups excluding carboxylic acids is 1. The molecule has 78 valence electrons. The minimum atomic E-state index is -3.45. The molecular formula is C8H11NO3S2. The molecule has 0 aliphatic carbocycles. The molecule has 0 radical (unpaired) electrons. The number of rotatable bonds is 3. The number of carbonyl (C=O) groups is 1. The zero-order chi connectivity index (χ0) is 10.8. The van der Waals surface area contributed by atoms with Crippen molar-refractivity contribution in [1.29, 1.82) is 0 Å². The van der Waals surface area contributed by atoms with Gasteiger partial charge in [0.1, 0.15) is 0 Å². The van der Waals surface area contributed by atoms with Gasteiger partial charge in [0.05, 0.1) is 10.6 Å². The number of sulfonamides is 1. The van der Waals surface area contributed by atoms with Gasteiger partial charge >= 0.3 is 0 Å². The first kappa shape index (κ1) is 11.2. The Morgan fingerprint density at radius 1 is 1.57 bits per heavy atom. The number of hydrogen-bond donors (Lipinski definition) is 1. The molecule has 14 heavy (non-hydrogen) atoms. The highest BCUT2D eigenvalue weighted by molar-refractivity contribution is 7.90. The SMILES string of the molecule is CCS(=O)(=O)NC(=O)c1cc(C)cs1. The van der Waals surface area contributed by atoms with Crippen LogP contribution < -0.4 is 4.72 Å². The quantitative estimate of drug-likeness (QED) is 0.851. The van der Waals surface area contributed by atoms with Crippen LogP contribution in [0, 0.1) is 6.92 Å². The average Bonchev–Trinajstić information content (AvgIpc) is 2.51. The van der Waals surface area contributed by atoms with E-state index in [4.69, 9.17) is 0 Å². The summed E-state index contributed by atoms with van der Waals surface area (Å²) in [5, 5.41) is 1.80. The third-order valence-corrected chi connectivity index (χ3v) is 3.89. The van der Waals surface area contributed by atoms with E-state index in [0.29, 0.717) is 4.88 Å². The highest BCUT2D eigenvalue weighted by atomic mass is 32.2. The lowest BCUT2D eigenvalue weighted by molar-refractivity contribution is 0.0985. The van der Waals surface area contributed by atoms with Gasteiger partial charge in [-0.15, -0.1) is 11.3 Å². The van der Waals surface area contributed by atoms with Crippen molar-refractivity contribution in [1.82, 2.24) is 4.72 Å². The molecule has 0 saturated carbocycles. The number of thiophene rings is 1. The normalized spacial score (nSPS) is 11.3. The third kappa shape index (κ3) is 2.81. The molecule has 0 aliphatic rings. The summed E-state index contributed by atoms with van der Waals surface area (Å²) < 4.78 is 24.1. The lowest BCUT2D eigenvalue weighted by Crippen LogP contribution is -2.31. The fourth-order valence-corrected chi connectivity index (χ4v) is 2.21. The van der Waals surface area contributed by atoms with Crippen LogP contribution in [0.3, 0.4) is 0 Å². The fourth-order valence-electron chi connectivity index (χ4n) is 0.814. The van der Waals surface area contributed by atoms with Crippen molar-refractivity contribution in [2.45, 2.75) is 13.8 Å². The van der Waals surface area contributed by atoms with Crippen LogP contribution in [0.2, 0.25) is 0 Å². The van der Waals surface area contributed by atoms with Crippen molar-refractivity contribution in [2.24, 2.45) is 0 Å². The molecule has 0 unspecified atom stereocenters. The molecule has 6 heteroatoms. The molecule has 1 heterocycles. The van der Waals surface area contributed by atoms with Crippen LogP contribution in [0.1, 0.15) is 22.2 Å². The molecule has 0 aliphatic heterocycles. The first-order chi connectivity index (χ1) is 6.44. The summed E-state index contributed by atoms with van der Waals surface area (Å²) in [5.41, 5.74) is 0.953. The van der Waals surface area contributed by atoms with Gasteiger partial charge < -0.3 is 0 Å². The Bertz CT molecular complexity index is 433. The standard InChI is InChI=1S/C8H11NO3S2/c1-3-14(11,12)9-8(10)7-4-6(2)5-13-7/h4-5H,3H2,1-2H3,(H,9,10). The van der Waals surface area contributed by atoms with E-state index in [1.807, 2.05) is 11.6 Å². The van der Waals surface area contributed by atoms with Crippen LogP contribution in [0.4, 0.5) is 0 Å². The molecule has 0 bridgehead atoms. The van der Waals surface area contributed by atoms with E-state index in [9.17, 15) is 13.2 Å². The van der Waals surface area contributed by atoms with E-state index in [0.717, 1.165) is 5.56 Å². The molecule has 0 spiro atoms. The summed E-state index contributed by atoms with van der Waals surface area (Å²) >= 11 is 1.23. The molecule has 1 N–H and O–H groups in total. The van der Waals surface area contributed by atoms with Crippen molar-refractivity contribution in [3.8, 4) is 0 Å². The largest absolute Gasteiger partial charge is 0.274 e. The van der Waals surface area contributed by atoms with Gasteiger partial charge in [-0.3, -0.25) is 4.79 Å². The van der Waals surface area contributed by atoms with E-state index in [1.165, 1.54) is 18.3 Å². The van der Waals surface area contributed by atoms with Crippen molar-refractivity contribution >= 4 is 27.3 Å². The van der Waals surface area contributed by atoms with Gasteiger partial charge in [0.15, 0.2) is 0 Å². The third-order valence-electron chi connectivity index (χ3n) is 1.58. The monoisotopic (exact) mass is 233 g/mol. The summed E-state index contributed by atoms with van der Waals surface area (Å²) in [6.45, 7) is 3.33. The Morgan fingerprint density at radius 3 is 2.64 bits per heavy atom. The minimum absolute atomic E-state index is 0.0941. The Morgan fingerprint density at radius 2 is 2.21 bits per heavy atom. The summed E-state index contributed by atoms with van der Waals surface area (Å²) in [6, 6.07) is 1.66. The van der Waals surface area contributed by atoms with Crippen LogP contribution in [0.15, 0.2) is 11.4 Å². The van der Waals surface area contributed by atoms with Gasteiger partial charge in [-0.2, -0.15) is 0 Å². The number of amides is 1. The van der Waals surface area contributed by atoms with Gasteiger partial charge in [0, 0.05) is 0 Å². The Hall–Kier alpha value is -0.880. The van der Waals surface area contributed by atoms with Crippen LogP contribution in [-0.4, -0.2) is 20.1 Å². The van der Waals surface area contributed by atoms with Gasteiger partial charge in [-0.1, -0.05) is 0 Å². The molecular weight excluding hydrogens is 222 g/mol.